The van der Waals surface area contributed by atoms with E-state index in [2.05, 4.69) is 16.0 Å². The van der Waals surface area contributed by atoms with Crippen molar-refractivity contribution in [2.24, 2.45) is 11.8 Å². The summed E-state index contributed by atoms with van der Waals surface area (Å²) in [6.45, 7) is 3.36. The molecule has 3 atom stereocenters. The molecule has 8 nitrogen and oxygen atoms in total. The molecule has 2 aromatic rings. The Morgan fingerprint density at radius 1 is 1.05 bits per heavy atom. The highest BCUT2D eigenvalue weighted by Gasteiger charge is 2.62. The van der Waals surface area contributed by atoms with Gasteiger partial charge in [-0.25, -0.2) is 22.0 Å². The first-order valence-electron chi connectivity index (χ1n) is 11.9. The van der Waals surface area contributed by atoms with Crippen molar-refractivity contribution >= 4 is 29.2 Å². The fourth-order valence-electron chi connectivity index (χ4n) is 5.94. The van der Waals surface area contributed by atoms with E-state index in [9.17, 15) is 41.1 Å². The topological polar surface area (TPSA) is 109 Å². The Labute approximate surface area is 212 Å². The number of nitrogens with zero attached hydrogens (tertiary/aromatic N) is 1. The zero-order valence-electron chi connectivity index (χ0n) is 20.5. The summed E-state index contributed by atoms with van der Waals surface area (Å²) >= 11 is 0. The summed E-state index contributed by atoms with van der Waals surface area (Å²) in [6, 6.07) is 1.06. The Balaban J connectivity index is 1.48. The molecule has 0 spiro atoms. The van der Waals surface area contributed by atoms with Gasteiger partial charge >= 0.3 is 0 Å². The lowest BCUT2D eigenvalue weighted by Gasteiger charge is -2.45. The molecule has 2 aliphatic carbocycles. The zero-order chi connectivity index (χ0) is 27.9. The average molecular weight is 538 g/mol. The van der Waals surface area contributed by atoms with Crippen LogP contribution in [0.5, 0.6) is 0 Å². The first-order chi connectivity index (χ1) is 17.7. The number of ketones is 1. The van der Waals surface area contributed by atoms with E-state index in [1.165, 1.54) is 14.0 Å². The van der Waals surface area contributed by atoms with Crippen LogP contribution in [0.1, 0.15) is 57.9 Å². The third-order valence-corrected chi connectivity index (χ3v) is 7.81. The number of hydrogen-bond donors (Lipinski definition) is 3. The molecule has 2 fully saturated rings. The van der Waals surface area contributed by atoms with Gasteiger partial charge in [-0.1, -0.05) is 6.92 Å². The van der Waals surface area contributed by atoms with Crippen molar-refractivity contribution < 1.29 is 41.1 Å². The number of fused-ring (bicyclic) bond motifs is 3. The summed E-state index contributed by atoms with van der Waals surface area (Å²) in [4.78, 5) is 51.8. The molecule has 1 aromatic heterocycles. The second-order valence-electron chi connectivity index (χ2n) is 10.2. The highest BCUT2D eigenvalue weighted by atomic mass is 19.3. The van der Waals surface area contributed by atoms with Crippen molar-refractivity contribution in [2.45, 2.75) is 50.6 Å². The maximum atomic E-state index is 13.7. The van der Waals surface area contributed by atoms with Gasteiger partial charge in [-0.2, -0.15) is 0 Å². The summed E-state index contributed by atoms with van der Waals surface area (Å²) in [7, 11) is 1.22. The number of amides is 3. The van der Waals surface area contributed by atoms with E-state index in [0.717, 1.165) is 0 Å². The van der Waals surface area contributed by atoms with Gasteiger partial charge in [-0.05, 0) is 30.7 Å². The number of Topliss-reactive ketones (excluding diaryl/α,β-unsaturated/α-hetero) is 1. The zero-order valence-corrected chi connectivity index (χ0v) is 20.5. The van der Waals surface area contributed by atoms with Crippen molar-refractivity contribution in [3.05, 3.63) is 52.1 Å². The predicted octanol–water partition coefficient (Wildman–Crippen LogP) is 3.04. The van der Waals surface area contributed by atoms with Crippen LogP contribution in [0.4, 0.5) is 27.6 Å². The van der Waals surface area contributed by atoms with E-state index in [1.807, 2.05) is 6.92 Å². The second kappa shape index (κ2) is 8.37. The summed E-state index contributed by atoms with van der Waals surface area (Å²) in [5.74, 6) is -11.7. The van der Waals surface area contributed by atoms with Crippen LogP contribution in [-0.4, -0.2) is 46.6 Å². The molecule has 3 aliphatic rings. The lowest BCUT2D eigenvalue weighted by Crippen LogP contribution is -2.69. The van der Waals surface area contributed by atoms with Crippen molar-refractivity contribution in [1.29, 1.82) is 0 Å². The molecule has 3 amide bonds. The molecular weight excluding hydrogens is 515 g/mol. The minimum absolute atomic E-state index is 0.0191. The SMILES string of the molecule is CNC(=O)C1(NC(=O)C(=O)c2c(C)c(C(=O)Nc3cc(F)c(F)c(F)c3)n3c2CC2C3[C@@H]2C)CC(F)(F)C1. The highest BCUT2D eigenvalue weighted by molar-refractivity contribution is 6.44. The molecule has 2 unspecified atom stereocenters. The first-order valence-corrected chi connectivity index (χ1v) is 11.9. The Morgan fingerprint density at radius 3 is 2.21 bits per heavy atom. The normalized spacial score (nSPS) is 23.5. The lowest BCUT2D eigenvalue weighted by molar-refractivity contribution is -0.164. The molecule has 2 heterocycles. The van der Waals surface area contributed by atoms with Gasteiger partial charge in [-0.3, -0.25) is 19.2 Å². The molecule has 0 saturated heterocycles. The number of carbonyl (C=O) groups is 4. The Bertz CT molecular complexity index is 1400. The van der Waals surface area contributed by atoms with Crippen molar-refractivity contribution in [3.63, 3.8) is 0 Å². The monoisotopic (exact) mass is 538 g/mol. The molecule has 38 heavy (non-hydrogen) atoms. The van der Waals surface area contributed by atoms with Crippen LogP contribution in [0, 0.1) is 36.2 Å². The average Bonchev–Trinajstić information content (AvgIpc) is 3.14. The van der Waals surface area contributed by atoms with Gasteiger partial charge < -0.3 is 20.5 Å². The Morgan fingerprint density at radius 2 is 1.66 bits per heavy atom. The Hall–Kier alpha value is -3.77. The van der Waals surface area contributed by atoms with Crippen LogP contribution in [0.3, 0.4) is 0 Å². The minimum Gasteiger partial charge on any atom is -0.357 e. The van der Waals surface area contributed by atoms with Crippen molar-refractivity contribution in [2.75, 3.05) is 12.4 Å². The van der Waals surface area contributed by atoms with Crippen molar-refractivity contribution in [3.8, 4) is 0 Å². The first kappa shape index (κ1) is 25.9. The molecule has 0 radical (unpaired) electrons. The van der Waals surface area contributed by atoms with Gasteiger partial charge in [0.15, 0.2) is 17.5 Å². The van der Waals surface area contributed by atoms with E-state index < -0.39 is 65.3 Å². The third kappa shape index (κ3) is 3.78. The molecule has 202 valence electrons. The molecule has 13 heteroatoms. The van der Waals surface area contributed by atoms with Crippen LogP contribution >= 0.6 is 0 Å². The molecule has 1 aromatic carbocycles. The number of alkyl halides is 2. The maximum absolute atomic E-state index is 13.7. The largest absolute Gasteiger partial charge is 0.357 e. The smallest absolute Gasteiger partial charge is 0.293 e. The Kier molecular flexibility index (Phi) is 5.69. The van der Waals surface area contributed by atoms with Crippen LogP contribution in [0.2, 0.25) is 0 Å². The molecular formula is C25H23F5N4O4. The number of nitrogens with one attached hydrogen (secondary N) is 3. The molecule has 3 N–H and O–H groups in total. The number of rotatable bonds is 6. The lowest BCUT2D eigenvalue weighted by atomic mass is 9.72. The number of aromatic nitrogens is 1. The highest BCUT2D eigenvalue weighted by Crippen LogP contribution is 2.59. The summed E-state index contributed by atoms with van der Waals surface area (Å²) in [5.41, 5.74) is -1.92. The number of carbonyl (C=O) groups excluding carboxylic acids is 4. The number of benzene rings is 1. The fourth-order valence-corrected chi connectivity index (χ4v) is 5.94. The summed E-state index contributed by atoms with van der Waals surface area (Å²) in [6.07, 6.45) is -1.57. The molecule has 2 saturated carbocycles. The van der Waals surface area contributed by atoms with E-state index in [4.69, 9.17) is 0 Å². The van der Waals surface area contributed by atoms with Crippen LogP contribution in [-0.2, 0) is 16.0 Å². The van der Waals surface area contributed by atoms with Gasteiger partial charge in [0, 0.05) is 49.4 Å². The molecule has 1 aliphatic heterocycles. The van der Waals surface area contributed by atoms with Gasteiger partial charge in [0.1, 0.15) is 11.2 Å². The molecule has 5 rings (SSSR count). The van der Waals surface area contributed by atoms with E-state index in [-0.39, 0.29) is 40.4 Å². The van der Waals surface area contributed by atoms with E-state index in [1.54, 1.807) is 4.57 Å². The van der Waals surface area contributed by atoms with Crippen LogP contribution in [0.25, 0.3) is 0 Å². The summed E-state index contributed by atoms with van der Waals surface area (Å²) < 4.78 is 69.6. The number of likely N-dealkylation sites (N-methyl/N-ethyl adjacent to an activating group) is 1. The summed E-state index contributed by atoms with van der Waals surface area (Å²) in [5, 5.41) is 6.70. The van der Waals surface area contributed by atoms with Gasteiger partial charge in [0.05, 0.1) is 5.56 Å². The van der Waals surface area contributed by atoms with Crippen LogP contribution < -0.4 is 16.0 Å². The van der Waals surface area contributed by atoms with Gasteiger partial charge in [-0.15, -0.1) is 0 Å². The van der Waals surface area contributed by atoms with Gasteiger partial charge in [0.2, 0.25) is 5.91 Å². The standard InChI is InChI=1S/C25H23F5N4O4/c1-9-12-6-15-16(20(35)22(37)33-24(23(38)31-3)7-25(29,30)8-24)10(2)19(34(15)18(9)12)21(36)32-11-4-13(26)17(28)14(27)5-11/h4-5,9,12,18H,6-8H2,1-3H3,(H,31,38)(H,32,36)(H,33,37)/t9-,12?,18?/m1/s1. The predicted molar refractivity (Wildman–Crippen MR) is 122 cm³/mol. The van der Waals surface area contributed by atoms with Crippen LogP contribution in [0.15, 0.2) is 12.1 Å². The number of anilines is 1. The number of halogens is 5. The van der Waals surface area contributed by atoms with E-state index >= 15 is 0 Å². The maximum Gasteiger partial charge on any atom is 0.293 e. The third-order valence-electron chi connectivity index (χ3n) is 7.81. The van der Waals surface area contributed by atoms with Crippen molar-refractivity contribution in [1.82, 2.24) is 15.2 Å². The van der Waals surface area contributed by atoms with Gasteiger partial charge in [0.25, 0.3) is 23.5 Å². The second-order valence-corrected chi connectivity index (χ2v) is 10.2. The fraction of sp³-hybridized carbons (Fsp3) is 0.440. The molecule has 0 bridgehead atoms. The minimum atomic E-state index is -3.18. The quantitative estimate of drug-likeness (QED) is 0.227. The number of hydrogen-bond acceptors (Lipinski definition) is 4. The van der Waals surface area contributed by atoms with E-state index in [0.29, 0.717) is 24.2 Å².